The third kappa shape index (κ3) is 4.90. The highest BCUT2D eigenvalue weighted by molar-refractivity contribution is 6.07. The van der Waals surface area contributed by atoms with Crippen LogP contribution >= 0.6 is 0 Å². The molecule has 250 valence electrons. The highest BCUT2D eigenvalue weighted by Crippen LogP contribution is 2.43. The highest BCUT2D eigenvalue weighted by atomic mass is 16.4. The van der Waals surface area contributed by atoms with Gasteiger partial charge in [-0.15, -0.1) is 0 Å². The Labute approximate surface area is 289 Å². The number of carbonyl (C=O) groups is 2. The molecule has 3 aromatic heterocycles. The molecule has 0 radical (unpaired) electrons. The number of carboxylic acid groups (broad SMARTS) is 2. The molecule has 2 aliphatic rings. The number of aromatic nitrogens is 4. The fraction of sp³-hybridized carbons (Fsp3) is 0.190. The molecule has 0 fully saturated rings. The van der Waals surface area contributed by atoms with Gasteiger partial charge in [0, 0.05) is 33.3 Å². The fourth-order valence-electron chi connectivity index (χ4n) is 7.11. The van der Waals surface area contributed by atoms with Crippen molar-refractivity contribution in [2.24, 2.45) is 0 Å². The number of hydrogen-bond donors (Lipinski definition) is 4. The van der Waals surface area contributed by atoms with Gasteiger partial charge >= 0.3 is 11.9 Å². The van der Waals surface area contributed by atoms with Crippen LogP contribution in [0.4, 0.5) is 0 Å². The summed E-state index contributed by atoms with van der Waals surface area (Å²) in [6, 6.07) is 18.2. The zero-order valence-corrected chi connectivity index (χ0v) is 29.4. The van der Waals surface area contributed by atoms with Crippen molar-refractivity contribution in [2.75, 3.05) is 0 Å². The second kappa shape index (κ2) is 11.8. The Morgan fingerprint density at radius 3 is 1.24 bits per heavy atom. The van der Waals surface area contributed by atoms with Gasteiger partial charge in [0.05, 0.1) is 44.9 Å². The number of nitrogens with zero attached hydrogens (tertiary/aromatic N) is 2. The molecule has 5 heterocycles. The van der Waals surface area contributed by atoms with E-state index in [-0.39, 0.29) is 11.1 Å². The molecular formula is C42H38N4O4. The molecule has 0 amide bonds. The molecule has 0 saturated heterocycles. The quantitative estimate of drug-likeness (QED) is 0.151. The van der Waals surface area contributed by atoms with Gasteiger partial charge in [0.15, 0.2) is 0 Å². The maximum absolute atomic E-state index is 12.6. The van der Waals surface area contributed by atoms with Crippen molar-refractivity contribution in [1.82, 2.24) is 19.9 Å². The van der Waals surface area contributed by atoms with Crippen molar-refractivity contribution in [3.05, 3.63) is 117 Å². The fourth-order valence-corrected chi connectivity index (χ4v) is 7.11. The van der Waals surface area contributed by atoms with Crippen LogP contribution in [0.25, 0.3) is 66.6 Å². The number of aryl methyl sites for hydroxylation is 4. The normalized spacial score (nSPS) is 13.0. The summed E-state index contributed by atoms with van der Waals surface area (Å²) in [7, 11) is 0. The number of allylic oxidation sites excluding steroid dienone is 4. The maximum Gasteiger partial charge on any atom is 0.336 e. The van der Waals surface area contributed by atoms with Crippen molar-refractivity contribution in [3.8, 4) is 22.3 Å². The van der Waals surface area contributed by atoms with Crippen molar-refractivity contribution < 1.29 is 19.8 Å². The van der Waals surface area contributed by atoms with Gasteiger partial charge in [-0.2, -0.15) is 0 Å². The number of H-pyrrole nitrogens is 2. The topological polar surface area (TPSA) is 132 Å². The predicted octanol–water partition coefficient (Wildman–Crippen LogP) is 10.2. The molecule has 0 atom stereocenters. The number of aromatic carboxylic acids is 2. The van der Waals surface area contributed by atoms with Crippen LogP contribution in [-0.4, -0.2) is 42.1 Å². The summed E-state index contributed by atoms with van der Waals surface area (Å²) in [6.45, 7) is 16.3. The lowest BCUT2D eigenvalue weighted by atomic mass is 9.93. The number of nitrogens with one attached hydrogen (secondary N) is 2. The van der Waals surface area contributed by atoms with Crippen LogP contribution in [0, 0.1) is 27.7 Å². The average molecular weight is 663 g/mol. The Balaban J connectivity index is 1.76. The zero-order valence-electron chi connectivity index (χ0n) is 29.4. The van der Waals surface area contributed by atoms with Crippen molar-refractivity contribution >= 4 is 56.3 Å². The van der Waals surface area contributed by atoms with Crippen LogP contribution in [0.1, 0.15) is 93.4 Å². The SMILES string of the molecule is CC1=C(C)c2nc1cc1[nH]c(c(C)c1C)c(-c1ccccc1C(=O)O)c1nc(cc3[nH]c(c(C)c3C)c2-c2ccccc2C(=O)O)C(C)=C1C. The minimum atomic E-state index is -1.01. The standard InChI is InChI=1S/C42H38N4O4/c1-19-23(5)37-35(27-13-9-11-15-29(27)41(47)48)38-25(7)21(3)33(45-38)18-34-22(4)26(8)40(46-34)36(28-14-10-12-16-30(28)42(49)50)39-24(6)20(2)32(44-39)17-31(19)43-37/h9-18,43,46H,1-8H3,(H,47,48)(H,49,50). The summed E-state index contributed by atoms with van der Waals surface area (Å²) >= 11 is 0. The number of hydrogen-bond acceptors (Lipinski definition) is 4. The van der Waals surface area contributed by atoms with E-state index in [1.54, 1.807) is 24.3 Å². The zero-order chi connectivity index (χ0) is 35.8. The summed E-state index contributed by atoms with van der Waals surface area (Å²) in [6.07, 6.45) is 0. The number of rotatable bonds is 4. The van der Waals surface area contributed by atoms with Gasteiger partial charge in [-0.05, 0) is 124 Å². The van der Waals surface area contributed by atoms with Crippen LogP contribution in [0.3, 0.4) is 0 Å². The van der Waals surface area contributed by atoms with E-state index < -0.39 is 11.9 Å². The smallest absolute Gasteiger partial charge is 0.336 e. The molecule has 7 rings (SSSR count). The molecule has 5 aromatic rings. The minimum absolute atomic E-state index is 0.193. The molecule has 0 spiro atoms. The molecule has 8 nitrogen and oxygen atoms in total. The average Bonchev–Trinajstić information content (AvgIpc) is 3.73. The van der Waals surface area contributed by atoms with Crippen molar-refractivity contribution in [3.63, 3.8) is 0 Å². The van der Waals surface area contributed by atoms with Crippen LogP contribution in [-0.2, 0) is 0 Å². The first kappa shape index (κ1) is 32.5. The van der Waals surface area contributed by atoms with Crippen molar-refractivity contribution in [2.45, 2.75) is 55.4 Å². The van der Waals surface area contributed by atoms with E-state index >= 15 is 0 Å². The predicted molar refractivity (Wildman–Crippen MR) is 201 cm³/mol. The number of benzene rings is 2. The Morgan fingerprint density at radius 2 is 0.880 bits per heavy atom. The first-order chi connectivity index (χ1) is 23.8. The third-order valence-corrected chi connectivity index (χ3v) is 10.7. The second-order valence-corrected chi connectivity index (χ2v) is 13.3. The lowest BCUT2D eigenvalue weighted by Gasteiger charge is -2.10. The van der Waals surface area contributed by atoms with Crippen LogP contribution < -0.4 is 0 Å². The molecule has 0 saturated carbocycles. The van der Waals surface area contributed by atoms with E-state index in [0.717, 1.165) is 89.1 Å². The lowest BCUT2D eigenvalue weighted by Crippen LogP contribution is -2.01. The van der Waals surface area contributed by atoms with E-state index in [2.05, 4.69) is 9.97 Å². The number of carboxylic acids is 2. The molecule has 0 unspecified atom stereocenters. The molecule has 2 aromatic carbocycles. The summed E-state index contributed by atoms with van der Waals surface area (Å²) in [4.78, 5) is 42.9. The summed E-state index contributed by atoms with van der Waals surface area (Å²) in [5, 5.41) is 20.6. The summed E-state index contributed by atoms with van der Waals surface area (Å²) in [5.74, 6) is -2.02. The Morgan fingerprint density at radius 1 is 0.520 bits per heavy atom. The molecule has 8 bridgehead atoms. The van der Waals surface area contributed by atoms with E-state index in [0.29, 0.717) is 22.5 Å². The van der Waals surface area contributed by atoms with Gasteiger partial charge in [-0.25, -0.2) is 19.6 Å². The molecular weight excluding hydrogens is 624 g/mol. The Kier molecular flexibility index (Phi) is 7.70. The van der Waals surface area contributed by atoms with E-state index in [1.165, 1.54) is 0 Å². The largest absolute Gasteiger partial charge is 0.478 e. The number of fused-ring (bicyclic) bond motifs is 8. The van der Waals surface area contributed by atoms with Gasteiger partial charge in [0.2, 0.25) is 0 Å². The molecule has 2 aliphatic heterocycles. The van der Waals surface area contributed by atoms with Gasteiger partial charge < -0.3 is 20.2 Å². The highest BCUT2D eigenvalue weighted by Gasteiger charge is 2.26. The third-order valence-electron chi connectivity index (χ3n) is 10.7. The number of aromatic amines is 2. The molecule has 50 heavy (non-hydrogen) atoms. The molecule has 0 aliphatic carbocycles. The van der Waals surface area contributed by atoms with Gasteiger partial charge in [-0.1, -0.05) is 36.4 Å². The van der Waals surface area contributed by atoms with Crippen LogP contribution in [0.2, 0.25) is 0 Å². The summed E-state index contributed by atoms with van der Waals surface area (Å²) < 4.78 is 0. The minimum Gasteiger partial charge on any atom is -0.478 e. The van der Waals surface area contributed by atoms with E-state index in [1.807, 2.05) is 91.8 Å². The molecule has 8 heteroatoms. The van der Waals surface area contributed by atoms with Crippen molar-refractivity contribution in [1.29, 1.82) is 0 Å². The first-order valence-corrected chi connectivity index (χ1v) is 16.6. The van der Waals surface area contributed by atoms with Gasteiger partial charge in [0.1, 0.15) is 0 Å². The molecule has 4 N–H and O–H groups in total. The van der Waals surface area contributed by atoms with E-state index in [4.69, 9.17) is 9.97 Å². The van der Waals surface area contributed by atoms with Crippen LogP contribution in [0.15, 0.2) is 60.7 Å². The Bertz CT molecular complexity index is 2400. The lowest BCUT2D eigenvalue weighted by molar-refractivity contribution is 0.0687. The van der Waals surface area contributed by atoms with E-state index in [9.17, 15) is 19.8 Å². The summed E-state index contributed by atoms with van der Waals surface area (Å²) in [5.41, 5.74) is 17.0. The second-order valence-electron chi connectivity index (χ2n) is 13.3. The van der Waals surface area contributed by atoms with Gasteiger partial charge in [-0.3, -0.25) is 0 Å². The monoisotopic (exact) mass is 662 g/mol. The maximum atomic E-state index is 12.6. The van der Waals surface area contributed by atoms with Crippen LogP contribution in [0.5, 0.6) is 0 Å². The Hall–Kier alpha value is -6.02. The van der Waals surface area contributed by atoms with Gasteiger partial charge in [0.25, 0.3) is 0 Å². The first-order valence-electron chi connectivity index (χ1n) is 16.6.